The van der Waals surface area contributed by atoms with Crippen molar-refractivity contribution in [2.75, 3.05) is 13.2 Å². The Morgan fingerprint density at radius 1 is 1.53 bits per heavy atom. The number of halogens is 1. The van der Waals surface area contributed by atoms with Gasteiger partial charge in [0.2, 0.25) is 0 Å². The van der Waals surface area contributed by atoms with E-state index in [1.807, 2.05) is 0 Å². The Morgan fingerprint density at radius 3 is 3.07 bits per heavy atom. The van der Waals surface area contributed by atoms with Gasteiger partial charge in [-0.25, -0.2) is 4.39 Å². The standard InChI is InChI=1S/C11H14FNO2/c12-10-4-9(5-13-6-10)11(14)8-2-1-3-15-7-8/h4-6,8,11,14H,1-3,7H2. The SMILES string of the molecule is OC(c1cncc(F)c1)C1CCCOC1. The van der Waals surface area contributed by atoms with Gasteiger partial charge in [-0.2, -0.15) is 0 Å². The molecule has 0 bridgehead atoms. The topological polar surface area (TPSA) is 42.4 Å². The van der Waals surface area contributed by atoms with Crippen molar-refractivity contribution in [2.24, 2.45) is 5.92 Å². The Morgan fingerprint density at radius 2 is 2.40 bits per heavy atom. The van der Waals surface area contributed by atoms with Crippen LogP contribution in [0.2, 0.25) is 0 Å². The van der Waals surface area contributed by atoms with Gasteiger partial charge in [-0.05, 0) is 18.9 Å². The minimum absolute atomic E-state index is 0.0577. The van der Waals surface area contributed by atoms with Crippen molar-refractivity contribution in [1.82, 2.24) is 4.98 Å². The molecule has 0 spiro atoms. The molecule has 15 heavy (non-hydrogen) atoms. The van der Waals surface area contributed by atoms with Gasteiger partial charge in [0, 0.05) is 24.3 Å². The number of rotatable bonds is 2. The van der Waals surface area contributed by atoms with Gasteiger partial charge in [-0.1, -0.05) is 0 Å². The molecule has 1 fully saturated rings. The van der Waals surface area contributed by atoms with Gasteiger partial charge in [0.05, 0.1) is 18.9 Å². The molecule has 82 valence electrons. The largest absolute Gasteiger partial charge is 0.388 e. The summed E-state index contributed by atoms with van der Waals surface area (Å²) in [5.41, 5.74) is 0.533. The molecule has 1 N–H and O–H groups in total. The lowest BCUT2D eigenvalue weighted by Crippen LogP contribution is -2.23. The molecule has 0 amide bonds. The molecule has 1 aliphatic rings. The highest BCUT2D eigenvalue weighted by atomic mass is 19.1. The maximum Gasteiger partial charge on any atom is 0.141 e. The van der Waals surface area contributed by atoms with Crippen LogP contribution in [0.5, 0.6) is 0 Å². The first-order valence-electron chi connectivity index (χ1n) is 5.13. The summed E-state index contributed by atoms with van der Waals surface area (Å²) in [5.74, 6) is -0.356. The molecule has 3 nitrogen and oxygen atoms in total. The molecule has 0 aromatic carbocycles. The second-order valence-electron chi connectivity index (χ2n) is 3.86. The van der Waals surface area contributed by atoms with Crippen LogP contribution in [0.1, 0.15) is 24.5 Å². The minimum atomic E-state index is -0.673. The van der Waals surface area contributed by atoms with E-state index in [0.29, 0.717) is 12.2 Å². The molecule has 1 aliphatic heterocycles. The number of pyridine rings is 1. The molecule has 0 radical (unpaired) electrons. The van der Waals surface area contributed by atoms with E-state index in [0.717, 1.165) is 25.6 Å². The molecule has 2 atom stereocenters. The number of aliphatic hydroxyl groups excluding tert-OH is 1. The van der Waals surface area contributed by atoms with Crippen LogP contribution in [0.3, 0.4) is 0 Å². The molecule has 0 saturated carbocycles. The molecular weight excluding hydrogens is 197 g/mol. The van der Waals surface area contributed by atoms with E-state index in [1.54, 1.807) is 0 Å². The smallest absolute Gasteiger partial charge is 0.141 e. The second kappa shape index (κ2) is 4.68. The predicted octanol–water partition coefficient (Wildman–Crippen LogP) is 1.68. The normalized spacial score (nSPS) is 23.7. The van der Waals surface area contributed by atoms with E-state index in [2.05, 4.69) is 4.98 Å². The summed E-state index contributed by atoms with van der Waals surface area (Å²) in [4.78, 5) is 3.72. The lowest BCUT2D eigenvalue weighted by Gasteiger charge is -2.26. The molecule has 0 aliphatic carbocycles. The van der Waals surface area contributed by atoms with E-state index in [9.17, 15) is 9.50 Å². The Hall–Kier alpha value is -1.00. The highest BCUT2D eigenvalue weighted by Crippen LogP contribution is 2.28. The zero-order chi connectivity index (χ0) is 10.7. The summed E-state index contributed by atoms with van der Waals surface area (Å²) < 4.78 is 18.2. The zero-order valence-corrected chi connectivity index (χ0v) is 8.40. The molecule has 2 heterocycles. The van der Waals surface area contributed by atoms with Crippen LogP contribution in [0.15, 0.2) is 18.5 Å². The fraction of sp³-hybridized carbons (Fsp3) is 0.545. The predicted molar refractivity (Wildman–Crippen MR) is 52.7 cm³/mol. The minimum Gasteiger partial charge on any atom is -0.388 e. The van der Waals surface area contributed by atoms with Crippen molar-refractivity contribution in [3.8, 4) is 0 Å². The third-order valence-corrected chi connectivity index (χ3v) is 2.71. The molecule has 1 aromatic rings. The van der Waals surface area contributed by atoms with Crippen molar-refractivity contribution in [3.63, 3.8) is 0 Å². The molecule has 1 aromatic heterocycles. The Balaban J connectivity index is 2.08. The van der Waals surface area contributed by atoms with Crippen molar-refractivity contribution in [3.05, 3.63) is 29.8 Å². The average Bonchev–Trinajstić information content (AvgIpc) is 2.29. The lowest BCUT2D eigenvalue weighted by molar-refractivity contribution is -0.0102. The summed E-state index contributed by atoms with van der Waals surface area (Å²) in [6.07, 6.45) is 3.83. The van der Waals surface area contributed by atoms with E-state index in [4.69, 9.17) is 4.74 Å². The molecule has 4 heteroatoms. The average molecular weight is 211 g/mol. The Labute approximate surface area is 87.9 Å². The van der Waals surface area contributed by atoms with Gasteiger partial charge < -0.3 is 9.84 Å². The summed E-state index contributed by atoms with van der Waals surface area (Å²) in [6.45, 7) is 1.29. The van der Waals surface area contributed by atoms with Crippen molar-refractivity contribution in [1.29, 1.82) is 0 Å². The van der Waals surface area contributed by atoms with E-state index < -0.39 is 11.9 Å². The van der Waals surface area contributed by atoms with Crippen LogP contribution >= 0.6 is 0 Å². The van der Waals surface area contributed by atoms with E-state index in [-0.39, 0.29) is 5.92 Å². The summed E-state index contributed by atoms with van der Waals surface area (Å²) >= 11 is 0. The van der Waals surface area contributed by atoms with Crippen LogP contribution in [0, 0.1) is 11.7 Å². The molecular formula is C11H14FNO2. The maximum atomic E-state index is 12.9. The van der Waals surface area contributed by atoms with Gasteiger partial charge in [0.25, 0.3) is 0 Å². The van der Waals surface area contributed by atoms with Crippen LogP contribution in [0.25, 0.3) is 0 Å². The van der Waals surface area contributed by atoms with Crippen molar-refractivity contribution >= 4 is 0 Å². The highest BCUT2D eigenvalue weighted by Gasteiger charge is 2.24. The van der Waals surface area contributed by atoms with Crippen LogP contribution in [-0.4, -0.2) is 23.3 Å². The summed E-state index contributed by atoms with van der Waals surface area (Å²) in [5, 5.41) is 9.98. The van der Waals surface area contributed by atoms with Gasteiger partial charge in [-0.3, -0.25) is 4.98 Å². The third-order valence-electron chi connectivity index (χ3n) is 2.71. The van der Waals surface area contributed by atoms with Gasteiger partial charge in [0.1, 0.15) is 5.82 Å². The van der Waals surface area contributed by atoms with Gasteiger partial charge in [-0.15, -0.1) is 0 Å². The molecule has 2 unspecified atom stereocenters. The number of hydrogen-bond acceptors (Lipinski definition) is 3. The van der Waals surface area contributed by atoms with Crippen LogP contribution in [-0.2, 0) is 4.74 Å². The monoisotopic (exact) mass is 211 g/mol. The van der Waals surface area contributed by atoms with Crippen LogP contribution in [0.4, 0.5) is 4.39 Å². The lowest BCUT2D eigenvalue weighted by atomic mass is 9.92. The fourth-order valence-corrected chi connectivity index (χ4v) is 1.88. The fourth-order valence-electron chi connectivity index (χ4n) is 1.88. The van der Waals surface area contributed by atoms with E-state index >= 15 is 0 Å². The van der Waals surface area contributed by atoms with Crippen molar-refractivity contribution < 1.29 is 14.2 Å². The number of aromatic nitrogens is 1. The quantitative estimate of drug-likeness (QED) is 0.809. The number of hydrogen-bond donors (Lipinski definition) is 1. The Bertz CT molecular complexity index is 326. The second-order valence-corrected chi connectivity index (χ2v) is 3.86. The molecule has 1 saturated heterocycles. The van der Waals surface area contributed by atoms with Gasteiger partial charge >= 0.3 is 0 Å². The first-order valence-corrected chi connectivity index (χ1v) is 5.13. The number of ether oxygens (including phenoxy) is 1. The third kappa shape index (κ3) is 2.52. The van der Waals surface area contributed by atoms with Crippen molar-refractivity contribution in [2.45, 2.75) is 18.9 Å². The zero-order valence-electron chi connectivity index (χ0n) is 8.40. The maximum absolute atomic E-state index is 12.9. The first-order chi connectivity index (χ1) is 7.27. The number of nitrogens with zero attached hydrogens (tertiary/aromatic N) is 1. The van der Waals surface area contributed by atoms with Crippen LogP contribution < -0.4 is 0 Å². The summed E-state index contributed by atoms with van der Waals surface area (Å²) in [6, 6.07) is 1.33. The van der Waals surface area contributed by atoms with E-state index in [1.165, 1.54) is 12.3 Å². The number of aliphatic hydroxyl groups is 1. The van der Waals surface area contributed by atoms with Gasteiger partial charge in [0.15, 0.2) is 0 Å². The molecule has 2 rings (SSSR count). The highest BCUT2D eigenvalue weighted by molar-refractivity contribution is 5.14. The first kappa shape index (κ1) is 10.5. The Kier molecular flexibility index (Phi) is 3.28. The summed E-state index contributed by atoms with van der Waals surface area (Å²) in [7, 11) is 0.